The number of sulfone groups is 1. The van der Waals surface area contributed by atoms with Gasteiger partial charge in [-0.05, 0) is 31.2 Å². The van der Waals surface area contributed by atoms with Crippen molar-refractivity contribution in [1.82, 2.24) is 5.32 Å². The van der Waals surface area contributed by atoms with Gasteiger partial charge in [0.05, 0.1) is 17.6 Å². The van der Waals surface area contributed by atoms with E-state index in [1.54, 1.807) is 0 Å². The Kier molecular flexibility index (Phi) is 4.07. The first kappa shape index (κ1) is 13.3. The largest absolute Gasteiger partial charge is 0.396 e. The van der Waals surface area contributed by atoms with Crippen LogP contribution in [0, 0.1) is 11.8 Å². The lowest BCUT2D eigenvalue weighted by Crippen LogP contribution is -2.42. The van der Waals surface area contributed by atoms with Crippen molar-refractivity contribution >= 4 is 9.84 Å². The molecule has 0 radical (unpaired) electrons. The van der Waals surface area contributed by atoms with Crippen LogP contribution in [0.1, 0.15) is 19.3 Å². The average Bonchev–Trinajstić information content (AvgIpc) is 2.79. The van der Waals surface area contributed by atoms with Crippen molar-refractivity contribution in [2.24, 2.45) is 11.8 Å². The summed E-state index contributed by atoms with van der Waals surface area (Å²) < 4.78 is 22.7. The summed E-state index contributed by atoms with van der Waals surface area (Å²) >= 11 is 0. The van der Waals surface area contributed by atoms with Crippen molar-refractivity contribution < 1.29 is 18.6 Å². The van der Waals surface area contributed by atoms with E-state index in [0.29, 0.717) is 18.4 Å². The van der Waals surface area contributed by atoms with Gasteiger partial charge in [0.2, 0.25) is 0 Å². The molecule has 17 heavy (non-hydrogen) atoms. The average molecular weight is 263 g/mol. The van der Waals surface area contributed by atoms with Crippen LogP contribution in [0.3, 0.4) is 0 Å². The van der Waals surface area contributed by atoms with E-state index in [1.807, 2.05) is 0 Å². The Bertz CT molecular complexity index is 356. The van der Waals surface area contributed by atoms with E-state index in [0.717, 1.165) is 19.3 Å². The second-order valence-electron chi connectivity index (χ2n) is 5.29. The fourth-order valence-electron chi connectivity index (χ4n) is 2.95. The molecule has 4 unspecified atom stereocenters. The number of rotatable bonds is 4. The van der Waals surface area contributed by atoms with Crippen LogP contribution in [-0.2, 0) is 9.84 Å². The minimum Gasteiger partial charge on any atom is -0.396 e. The maximum atomic E-state index is 11.3. The lowest BCUT2D eigenvalue weighted by atomic mass is 9.96. The first-order valence-electron chi connectivity index (χ1n) is 6.24. The molecule has 1 aliphatic carbocycles. The first-order chi connectivity index (χ1) is 8.02. The van der Waals surface area contributed by atoms with E-state index in [-0.39, 0.29) is 24.2 Å². The zero-order valence-corrected chi connectivity index (χ0v) is 10.7. The first-order valence-corrected chi connectivity index (χ1v) is 8.06. The van der Waals surface area contributed by atoms with Crippen molar-refractivity contribution in [3.63, 3.8) is 0 Å². The van der Waals surface area contributed by atoms with Crippen LogP contribution in [0.5, 0.6) is 0 Å². The van der Waals surface area contributed by atoms with E-state index in [1.165, 1.54) is 0 Å². The van der Waals surface area contributed by atoms with Crippen LogP contribution < -0.4 is 5.32 Å². The summed E-state index contributed by atoms with van der Waals surface area (Å²) in [5, 5.41) is 22.0. The third-order valence-corrected chi connectivity index (χ3v) is 5.73. The number of hydrogen-bond acceptors (Lipinski definition) is 5. The Morgan fingerprint density at radius 1 is 1.18 bits per heavy atom. The van der Waals surface area contributed by atoms with Crippen molar-refractivity contribution in [3.8, 4) is 0 Å². The molecule has 100 valence electrons. The molecule has 4 atom stereocenters. The Hall–Kier alpha value is -0.170. The lowest BCUT2D eigenvalue weighted by molar-refractivity contribution is 0.153. The molecule has 0 aromatic heterocycles. The summed E-state index contributed by atoms with van der Waals surface area (Å²) in [5.74, 6) is 0.650. The lowest BCUT2D eigenvalue weighted by Gasteiger charge is -2.21. The zero-order valence-electron chi connectivity index (χ0n) is 9.88. The van der Waals surface area contributed by atoms with E-state index < -0.39 is 15.9 Å². The third kappa shape index (κ3) is 3.19. The third-order valence-electron chi connectivity index (χ3n) is 4.02. The number of nitrogens with one attached hydrogen (secondary N) is 1. The minimum atomic E-state index is -3.07. The van der Waals surface area contributed by atoms with E-state index in [9.17, 15) is 18.6 Å². The minimum absolute atomic E-state index is 0.0324. The standard InChI is InChI=1S/C11H21NO4S/c13-5-9-3-1-2-8(9)4-12-10-6-17(15,16)7-11(10)14/h8-14H,1-7H2. The summed E-state index contributed by atoms with van der Waals surface area (Å²) in [4.78, 5) is 0. The van der Waals surface area contributed by atoms with Crippen molar-refractivity contribution in [2.75, 3.05) is 24.7 Å². The molecule has 0 spiro atoms. The molecule has 2 fully saturated rings. The highest BCUT2D eigenvalue weighted by atomic mass is 32.2. The van der Waals surface area contributed by atoms with Gasteiger partial charge < -0.3 is 15.5 Å². The molecule has 0 aromatic rings. The zero-order chi connectivity index (χ0) is 12.5. The van der Waals surface area contributed by atoms with Crippen LogP contribution in [0.2, 0.25) is 0 Å². The second-order valence-corrected chi connectivity index (χ2v) is 7.45. The molecular weight excluding hydrogens is 242 g/mol. The van der Waals surface area contributed by atoms with E-state index in [2.05, 4.69) is 5.32 Å². The van der Waals surface area contributed by atoms with Gasteiger partial charge >= 0.3 is 0 Å². The molecular formula is C11H21NO4S. The summed E-state index contributed by atoms with van der Waals surface area (Å²) in [6.07, 6.45) is 2.47. The van der Waals surface area contributed by atoms with Gasteiger partial charge in [0.15, 0.2) is 9.84 Å². The van der Waals surface area contributed by atoms with Gasteiger partial charge in [-0.2, -0.15) is 0 Å². The van der Waals surface area contributed by atoms with Crippen molar-refractivity contribution in [2.45, 2.75) is 31.4 Å². The van der Waals surface area contributed by atoms with Gasteiger partial charge in [-0.15, -0.1) is 0 Å². The predicted molar refractivity (Wildman–Crippen MR) is 64.4 cm³/mol. The number of hydrogen-bond donors (Lipinski definition) is 3. The predicted octanol–water partition coefficient (Wildman–Crippen LogP) is -0.857. The van der Waals surface area contributed by atoms with Crippen LogP contribution in [0.15, 0.2) is 0 Å². The molecule has 1 heterocycles. The fourth-order valence-corrected chi connectivity index (χ4v) is 4.73. The van der Waals surface area contributed by atoms with Gasteiger partial charge in [0, 0.05) is 12.6 Å². The highest BCUT2D eigenvalue weighted by Crippen LogP contribution is 2.30. The molecule has 0 bridgehead atoms. The molecule has 0 amide bonds. The molecule has 1 saturated carbocycles. The monoisotopic (exact) mass is 263 g/mol. The highest BCUT2D eigenvalue weighted by molar-refractivity contribution is 7.91. The van der Waals surface area contributed by atoms with Gasteiger partial charge in [-0.1, -0.05) is 6.42 Å². The van der Waals surface area contributed by atoms with Gasteiger partial charge in [0.1, 0.15) is 0 Å². The molecule has 2 aliphatic rings. The fraction of sp³-hybridized carbons (Fsp3) is 1.00. The quantitative estimate of drug-likeness (QED) is 0.614. The van der Waals surface area contributed by atoms with Gasteiger partial charge in [-0.25, -0.2) is 8.42 Å². The van der Waals surface area contributed by atoms with E-state index >= 15 is 0 Å². The molecule has 1 aliphatic heterocycles. The Morgan fingerprint density at radius 3 is 2.47 bits per heavy atom. The molecule has 5 nitrogen and oxygen atoms in total. The Labute approximate surface area is 102 Å². The normalized spacial score (nSPS) is 40.8. The summed E-state index contributed by atoms with van der Waals surface area (Å²) in [7, 11) is -3.07. The Morgan fingerprint density at radius 2 is 1.88 bits per heavy atom. The second kappa shape index (κ2) is 5.22. The Balaban J connectivity index is 1.82. The maximum absolute atomic E-state index is 11.3. The van der Waals surface area contributed by atoms with Crippen molar-refractivity contribution in [3.05, 3.63) is 0 Å². The highest BCUT2D eigenvalue weighted by Gasteiger charge is 2.37. The van der Waals surface area contributed by atoms with Crippen LogP contribution in [0.4, 0.5) is 0 Å². The number of aliphatic hydroxyl groups is 2. The molecule has 0 aromatic carbocycles. The molecule has 6 heteroatoms. The maximum Gasteiger partial charge on any atom is 0.154 e. The summed E-state index contributed by atoms with van der Waals surface area (Å²) in [6, 6.07) is -0.333. The molecule has 2 rings (SSSR count). The van der Waals surface area contributed by atoms with Gasteiger partial charge in [0.25, 0.3) is 0 Å². The van der Waals surface area contributed by atoms with Crippen LogP contribution >= 0.6 is 0 Å². The summed E-state index contributed by atoms with van der Waals surface area (Å²) in [6.45, 7) is 0.903. The smallest absolute Gasteiger partial charge is 0.154 e. The van der Waals surface area contributed by atoms with Crippen LogP contribution in [-0.4, -0.2) is 55.4 Å². The van der Waals surface area contributed by atoms with Crippen LogP contribution in [0.25, 0.3) is 0 Å². The van der Waals surface area contributed by atoms with Gasteiger partial charge in [-0.3, -0.25) is 0 Å². The van der Waals surface area contributed by atoms with E-state index in [4.69, 9.17) is 0 Å². The SMILES string of the molecule is O=S1(=O)CC(O)C(NCC2CCCC2CO)C1. The summed E-state index contributed by atoms with van der Waals surface area (Å²) in [5.41, 5.74) is 0. The van der Waals surface area contributed by atoms with Crippen molar-refractivity contribution in [1.29, 1.82) is 0 Å². The number of aliphatic hydroxyl groups excluding tert-OH is 2. The topological polar surface area (TPSA) is 86.6 Å². The molecule has 1 saturated heterocycles. The molecule has 3 N–H and O–H groups in total.